The molecule has 1 aliphatic rings. The van der Waals surface area contributed by atoms with E-state index >= 15 is 0 Å². The molecule has 1 aromatic carbocycles. The number of benzene rings is 1. The molecule has 92 valence electrons. The van der Waals surface area contributed by atoms with Crippen LogP contribution in [0.3, 0.4) is 0 Å². The van der Waals surface area contributed by atoms with Crippen LogP contribution in [0, 0.1) is 0 Å². The molecule has 4 nitrogen and oxygen atoms in total. The van der Waals surface area contributed by atoms with Crippen molar-refractivity contribution in [3.8, 4) is 0 Å². The van der Waals surface area contributed by atoms with Gasteiger partial charge in [-0.25, -0.2) is 10.8 Å². The highest BCUT2D eigenvalue weighted by Crippen LogP contribution is 2.42. The monoisotopic (exact) mass is 240 g/mol. The highest BCUT2D eigenvalue weighted by molar-refractivity contribution is 5.47. The molecule has 18 heavy (non-hydrogen) atoms. The van der Waals surface area contributed by atoms with Crippen LogP contribution in [0.5, 0.6) is 0 Å². The van der Waals surface area contributed by atoms with E-state index in [-0.39, 0.29) is 0 Å². The summed E-state index contributed by atoms with van der Waals surface area (Å²) in [5.41, 5.74) is 3.94. The first-order valence-corrected chi connectivity index (χ1v) is 6.12. The van der Waals surface area contributed by atoms with Gasteiger partial charge in [-0.1, -0.05) is 36.4 Å². The van der Waals surface area contributed by atoms with Crippen LogP contribution in [-0.2, 0) is 0 Å². The molecule has 0 amide bonds. The van der Waals surface area contributed by atoms with Gasteiger partial charge < -0.3 is 10.7 Å². The van der Waals surface area contributed by atoms with E-state index < -0.39 is 0 Å². The van der Waals surface area contributed by atoms with Crippen LogP contribution in [0.4, 0.5) is 11.6 Å². The number of nitrogens with zero attached hydrogens (tertiary/aromatic N) is 1. The van der Waals surface area contributed by atoms with E-state index in [1.54, 1.807) is 0 Å². The highest BCUT2D eigenvalue weighted by Gasteiger charge is 2.38. The van der Waals surface area contributed by atoms with E-state index in [1.807, 2.05) is 24.3 Å². The van der Waals surface area contributed by atoms with Crippen LogP contribution >= 0.6 is 0 Å². The van der Waals surface area contributed by atoms with Crippen LogP contribution in [0.2, 0.25) is 0 Å². The number of hydrogen-bond donors (Lipinski definition) is 3. The van der Waals surface area contributed by atoms with Gasteiger partial charge in [0, 0.05) is 12.0 Å². The summed E-state index contributed by atoms with van der Waals surface area (Å²) >= 11 is 0. The highest BCUT2D eigenvalue weighted by atomic mass is 15.3. The average Bonchev–Trinajstić information content (AvgIpc) is 3.19. The van der Waals surface area contributed by atoms with Crippen molar-refractivity contribution in [3.63, 3.8) is 0 Å². The topological polar surface area (TPSA) is 63.0 Å². The van der Waals surface area contributed by atoms with Gasteiger partial charge >= 0.3 is 0 Å². The lowest BCUT2D eigenvalue weighted by Gasteiger charge is -2.06. The van der Waals surface area contributed by atoms with E-state index in [9.17, 15) is 0 Å². The number of pyridine rings is 1. The van der Waals surface area contributed by atoms with Gasteiger partial charge in [0.1, 0.15) is 11.6 Å². The van der Waals surface area contributed by atoms with E-state index in [0.29, 0.717) is 17.8 Å². The van der Waals surface area contributed by atoms with Crippen molar-refractivity contribution in [1.82, 2.24) is 4.98 Å². The van der Waals surface area contributed by atoms with Gasteiger partial charge in [0.25, 0.3) is 0 Å². The largest absolute Gasteiger partial charge is 0.367 e. The van der Waals surface area contributed by atoms with Gasteiger partial charge in [-0.15, -0.1) is 0 Å². The van der Waals surface area contributed by atoms with E-state index in [0.717, 1.165) is 12.2 Å². The summed E-state index contributed by atoms with van der Waals surface area (Å²) in [4.78, 5) is 4.35. The molecule has 1 heterocycles. The maximum absolute atomic E-state index is 5.34. The van der Waals surface area contributed by atoms with Gasteiger partial charge in [-0.05, 0) is 24.1 Å². The number of nitrogens with two attached hydrogens (primary N) is 1. The molecular weight excluding hydrogens is 224 g/mol. The molecule has 0 spiro atoms. The standard InChI is InChI=1S/C14H16N4/c15-18-14-8-4-7-13(17-14)16-12-9-11(12)10-5-2-1-3-6-10/h1-8,11-12H,9,15H2,(H2,16,17,18). The van der Waals surface area contributed by atoms with Crippen molar-refractivity contribution >= 4 is 11.6 Å². The lowest BCUT2D eigenvalue weighted by atomic mass is 10.1. The van der Waals surface area contributed by atoms with E-state index in [2.05, 4.69) is 40.0 Å². The lowest BCUT2D eigenvalue weighted by molar-refractivity contribution is 1.03. The molecule has 0 saturated heterocycles. The first kappa shape index (κ1) is 11.0. The number of aromatic nitrogens is 1. The molecule has 4 N–H and O–H groups in total. The summed E-state index contributed by atoms with van der Waals surface area (Å²) in [5.74, 6) is 7.49. The third-order valence-corrected chi connectivity index (χ3v) is 3.25. The number of anilines is 2. The SMILES string of the molecule is NNc1cccc(NC2CC2c2ccccc2)n1. The van der Waals surface area contributed by atoms with Crippen molar-refractivity contribution in [2.24, 2.45) is 5.84 Å². The van der Waals surface area contributed by atoms with E-state index in [4.69, 9.17) is 5.84 Å². The number of hydrogen-bond acceptors (Lipinski definition) is 4. The maximum atomic E-state index is 5.34. The molecule has 2 aromatic rings. The first-order chi connectivity index (χ1) is 8.86. The van der Waals surface area contributed by atoms with Crippen LogP contribution < -0.4 is 16.6 Å². The molecule has 1 fully saturated rings. The minimum Gasteiger partial charge on any atom is -0.367 e. The van der Waals surface area contributed by atoms with Crippen molar-refractivity contribution in [2.45, 2.75) is 18.4 Å². The minimum absolute atomic E-state index is 0.480. The molecule has 2 unspecified atom stereocenters. The quantitative estimate of drug-likeness (QED) is 0.567. The van der Waals surface area contributed by atoms with Gasteiger partial charge in [0.2, 0.25) is 0 Å². The zero-order chi connectivity index (χ0) is 12.4. The zero-order valence-corrected chi connectivity index (χ0v) is 10.0. The number of nitrogens with one attached hydrogen (secondary N) is 2. The number of nitrogen functional groups attached to an aromatic ring is 1. The van der Waals surface area contributed by atoms with Crippen molar-refractivity contribution in [1.29, 1.82) is 0 Å². The molecule has 4 heteroatoms. The Kier molecular flexibility index (Phi) is 2.86. The summed E-state index contributed by atoms with van der Waals surface area (Å²) in [6.07, 6.45) is 1.16. The summed E-state index contributed by atoms with van der Waals surface area (Å²) < 4.78 is 0. The Hall–Kier alpha value is -2.07. The Morgan fingerprint density at radius 1 is 1.00 bits per heavy atom. The Labute approximate surface area is 106 Å². The normalized spacial score (nSPS) is 21.4. The second-order valence-corrected chi connectivity index (χ2v) is 4.56. The first-order valence-electron chi connectivity index (χ1n) is 6.12. The van der Waals surface area contributed by atoms with E-state index in [1.165, 1.54) is 5.56 Å². The Bertz CT molecular complexity index is 526. The summed E-state index contributed by atoms with van der Waals surface area (Å²) in [6.45, 7) is 0. The predicted octanol–water partition coefficient (Wildman–Crippen LogP) is 2.34. The Morgan fingerprint density at radius 3 is 2.56 bits per heavy atom. The average molecular weight is 240 g/mol. The fraction of sp³-hybridized carbons (Fsp3) is 0.214. The number of hydrazine groups is 1. The van der Waals surface area contributed by atoms with Crippen LogP contribution in [-0.4, -0.2) is 11.0 Å². The van der Waals surface area contributed by atoms with Crippen LogP contribution in [0.25, 0.3) is 0 Å². The third-order valence-electron chi connectivity index (χ3n) is 3.25. The second-order valence-electron chi connectivity index (χ2n) is 4.56. The smallest absolute Gasteiger partial charge is 0.142 e. The maximum Gasteiger partial charge on any atom is 0.142 e. The number of rotatable bonds is 4. The van der Waals surface area contributed by atoms with Crippen molar-refractivity contribution < 1.29 is 0 Å². The predicted molar refractivity (Wildman–Crippen MR) is 73.3 cm³/mol. The van der Waals surface area contributed by atoms with Gasteiger partial charge in [0.05, 0.1) is 0 Å². The van der Waals surface area contributed by atoms with Crippen LogP contribution in [0.15, 0.2) is 48.5 Å². The Balaban J connectivity index is 1.65. The summed E-state index contributed by atoms with van der Waals surface area (Å²) in [5, 5.41) is 3.43. The molecule has 3 rings (SSSR count). The van der Waals surface area contributed by atoms with Crippen LogP contribution in [0.1, 0.15) is 17.9 Å². The molecule has 2 atom stereocenters. The van der Waals surface area contributed by atoms with Crippen molar-refractivity contribution in [2.75, 3.05) is 10.7 Å². The third kappa shape index (κ3) is 2.28. The fourth-order valence-electron chi connectivity index (χ4n) is 2.21. The Morgan fingerprint density at radius 2 is 1.78 bits per heavy atom. The van der Waals surface area contributed by atoms with Gasteiger partial charge in [-0.2, -0.15) is 0 Å². The summed E-state index contributed by atoms with van der Waals surface area (Å²) in [6, 6.07) is 16.8. The summed E-state index contributed by atoms with van der Waals surface area (Å²) in [7, 11) is 0. The fourth-order valence-corrected chi connectivity index (χ4v) is 2.21. The molecule has 0 aliphatic heterocycles. The molecule has 1 aliphatic carbocycles. The molecule has 1 saturated carbocycles. The molecular formula is C14H16N4. The molecule has 1 aromatic heterocycles. The van der Waals surface area contributed by atoms with Gasteiger partial charge in [-0.3, -0.25) is 0 Å². The molecule has 0 radical (unpaired) electrons. The molecule has 0 bridgehead atoms. The lowest BCUT2D eigenvalue weighted by Crippen LogP contribution is -2.11. The second kappa shape index (κ2) is 4.66. The van der Waals surface area contributed by atoms with Gasteiger partial charge in [0.15, 0.2) is 0 Å². The zero-order valence-electron chi connectivity index (χ0n) is 10.0. The van der Waals surface area contributed by atoms with Crippen molar-refractivity contribution in [3.05, 3.63) is 54.1 Å². The minimum atomic E-state index is 0.480.